The molecule has 0 nitrogen and oxygen atoms in total. The molecule has 0 N–H and O–H groups in total. The average Bonchev–Trinajstić information content (AvgIpc) is 1.93. The smallest absolute Gasteiger partial charge is 0.0295 e. The van der Waals surface area contributed by atoms with Crippen molar-refractivity contribution in [3.63, 3.8) is 0 Å². The van der Waals surface area contributed by atoms with Gasteiger partial charge >= 0.3 is 0 Å². The second-order valence-corrected chi connectivity index (χ2v) is 5.43. The zero-order valence-electron chi connectivity index (χ0n) is 8.22. The van der Waals surface area contributed by atoms with E-state index in [2.05, 4.69) is 27.7 Å². The van der Waals surface area contributed by atoms with Gasteiger partial charge in [-0.3, -0.25) is 0 Å². The van der Waals surface area contributed by atoms with Gasteiger partial charge < -0.3 is 0 Å². The van der Waals surface area contributed by atoms with Gasteiger partial charge in [0.1, 0.15) is 0 Å². The van der Waals surface area contributed by atoms with Crippen LogP contribution in [0.5, 0.6) is 0 Å². The van der Waals surface area contributed by atoms with E-state index >= 15 is 0 Å². The van der Waals surface area contributed by atoms with Crippen LogP contribution in [0.3, 0.4) is 0 Å². The molecule has 0 spiro atoms. The lowest BCUT2D eigenvalue weighted by Gasteiger charge is -2.61. The highest BCUT2D eigenvalue weighted by molar-refractivity contribution is 5.03. The van der Waals surface area contributed by atoms with Crippen molar-refractivity contribution in [3.8, 4) is 0 Å². The summed E-state index contributed by atoms with van der Waals surface area (Å²) < 4.78 is 0. The van der Waals surface area contributed by atoms with Crippen molar-refractivity contribution in [2.75, 3.05) is 0 Å². The molecule has 64 valence electrons. The van der Waals surface area contributed by atoms with E-state index < -0.39 is 0 Å². The van der Waals surface area contributed by atoms with Crippen molar-refractivity contribution >= 4 is 0 Å². The van der Waals surface area contributed by atoms with Crippen LogP contribution >= 0.6 is 0 Å². The average molecular weight is 152 g/mol. The summed E-state index contributed by atoms with van der Waals surface area (Å²) in [5, 5.41) is 0. The summed E-state index contributed by atoms with van der Waals surface area (Å²) >= 11 is 0. The molecule has 0 heteroatoms. The quantitative estimate of drug-likeness (QED) is 0.499. The minimum absolute atomic E-state index is 0.686. The highest BCUT2D eigenvalue weighted by atomic mass is 14.6. The molecule has 0 radical (unpaired) electrons. The second kappa shape index (κ2) is 2.02. The largest absolute Gasteiger partial charge is 0.0622 e. The molecule has 0 aromatic carbocycles. The molecule has 3 rings (SSSR count). The Bertz CT molecular complexity index is 169. The molecule has 2 bridgehead atoms. The molecule has 3 aliphatic carbocycles. The minimum Gasteiger partial charge on any atom is -0.0622 e. The maximum absolute atomic E-state index is 2.47. The summed E-state index contributed by atoms with van der Waals surface area (Å²) in [6.45, 7) is 9.81. The predicted molar refractivity (Wildman–Crippen MR) is 48.3 cm³/mol. The minimum atomic E-state index is 0.686. The Hall–Kier alpha value is 0. The Morgan fingerprint density at radius 1 is 1.09 bits per heavy atom. The van der Waals surface area contributed by atoms with Crippen LogP contribution in [0, 0.1) is 29.1 Å². The molecule has 0 heterocycles. The van der Waals surface area contributed by atoms with E-state index in [1.54, 1.807) is 0 Å². The Morgan fingerprint density at radius 3 is 2.09 bits per heavy atom. The Balaban J connectivity index is 2.17. The van der Waals surface area contributed by atoms with Crippen LogP contribution in [0.4, 0.5) is 0 Å². The Morgan fingerprint density at radius 2 is 1.73 bits per heavy atom. The molecule has 11 heavy (non-hydrogen) atoms. The molecule has 0 aromatic rings. The summed E-state index contributed by atoms with van der Waals surface area (Å²) in [6.07, 6.45) is 3.02. The van der Waals surface area contributed by atoms with Gasteiger partial charge in [0.2, 0.25) is 0 Å². The van der Waals surface area contributed by atoms with Crippen LogP contribution in [-0.2, 0) is 0 Å². The van der Waals surface area contributed by atoms with Gasteiger partial charge in [-0.15, -0.1) is 0 Å². The van der Waals surface area contributed by atoms with Crippen LogP contribution in [0.2, 0.25) is 0 Å². The SMILES string of the molecule is C[C@@H]1CC2CC([C@H]1C)C2(C)C. The van der Waals surface area contributed by atoms with Gasteiger partial charge in [0.05, 0.1) is 0 Å². The third-order valence-corrected chi connectivity index (χ3v) is 4.73. The van der Waals surface area contributed by atoms with Crippen molar-refractivity contribution < 1.29 is 0 Å². The first-order valence-corrected chi connectivity index (χ1v) is 5.03. The molecule has 3 saturated carbocycles. The van der Waals surface area contributed by atoms with Crippen molar-refractivity contribution in [2.24, 2.45) is 29.1 Å². The van der Waals surface area contributed by atoms with Crippen LogP contribution < -0.4 is 0 Å². The van der Waals surface area contributed by atoms with Gasteiger partial charge in [-0.05, 0) is 41.9 Å². The highest BCUT2D eigenvalue weighted by Crippen LogP contribution is 2.62. The fraction of sp³-hybridized carbons (Fsp3) is 1.00. The number of hydrogen-bond donors (Lipinski definition) is 0. The summed E-state index contributed by atoms with van der Waals surface area (Å²) in [6, 6.07) is 0. The van der Waals surface area contributed by atoms with E-state index in [4.69, 9.17) is 0 Å². The lowest BCUT2D eigenvalue weighted by molar-refractivity contribution is -0.124. The Kier molecular flexibility index (Phi) is 1.41. The number of rotatable bonds is 0. The molecule has 3 aliphatic rings. The lowest BCUT2D eigenvalue weighted by Crippen LogP contribution is -2.54. The lowest BCUT2D eigenvalue weighted by atomic mass is 9.44. The topological polar surface area (TPSA) is 0 Å². The van der Waals surface area contributed by atoms with Crippen molar-refractivity contribution in [1.29, 1.82) is 0 Å². The molecule has 0 aromatic heterocycles. The van der Waals surface area contributed by atoms with Crippen LogP contribution in [0.15, 0.2) is 0 Å². The third-order valence-electron chi connectivity index (χ3n) is 4.73. The van der Waals surface area contributed by atoms with E-state index in [0.29, 0.717) is 5.41 Å². The summed E-state index contributed by atoms with van der Waals surface area (Å²) in [5.41, 5.74) is 0.686. The van der Waals surface area contributed by atoms with E-state index in [1.807, 2.05) is 0 Å². The maximum Gasteiger partial charge on any atom is -0.0295 e. The summed E-state index contributed by atoms with van der Waals surface area (Å²) in [4.78, 5) is 0. The predicted octanol–water partition coefficient (Wildman–Crippen LogP) is 3.32. The van der Waals surface area contributed by atoms with Gasteiger partial charge in [0.15, 0.2) is 0 Å². The zero-order chi connectivity index (χ0) is 8.22. The van der Waals surface area contributed by atoms with Gasteiger partial charge in [-0.2, -0.15) is 0 Å². The Labute approximate surface area is 70.4 Å². The molecule has 0 amide bonds. The van der Waals surface area contributed by atoms with Gasteiger partial charge in [0, 0.05) is 0 Å². The number of fused-ring (bicyclic) bond motifs is 2. The van der Waals surface area contributed by atoms with Crippen molar-refractivity contribution in [1.82, 2.24) is 0 Å². The molecule has 4 atom stereocenters. The molecular weight excluding hydrogens is 132 g/mol. The second-order valence-electron chi connectivity index (χ2n) is 5.43. The fourth-order valence-corrected chi connectivity index (χ4v) is 3.41. The number of hydrogen-bond acceptors (Lipinski definition) is 0. The molecule has 3 fully saturated rings. The zero-order valence-corrected chi connectivity index (χ0v) is 8.22. The monoisotopic (exact) mass is 152 g/mol. The third kappa shape index (κ3) is 0.816. The van der Waals surface area contributed by atoms with E-state index in [-0.39, 0.29) is 0 Å². The van der Waals surface area contributed by atoms with Crippen LogP contribution in [-0.4, -0.2) is 0 Å². The van der Waals surface area contributed by atoms with Crippen LogP contribution in [0.25, 0.3) is 0 Å². The van der Waals surface area contributed by atoms with E-state index in [0.717, 1.165) is 23.7 Å². The van der Waals surface area contributed by atoms with Gasteiger partial charge in [0.25, 0.3) is 0 Å². The summed E-state index contributed by atoms with van der Waals surface area (Å²) in [7, 11) is 0. The molecule has 0 saturated heterocycles. The molecule has 0 aliphatic heterocycles. The first kappa shape index (κ1) is 7.64. The van der Waals surface area contributed by atoms with E-state index in [9.17, 15) is 0 Å². The highest BCUT2D eigenvalue weighted by Gasteiger charge is 2.54. The maximum atomic E-state index is 2.47. The van der Waals surface area contributed by atoms with Crippen molar-refractivity contribution in [2.45, 2.75) is 40.5 Å². The normalized spacial score (nSPS) is 53.5. The molecule has 2 unspecified atom stereocenters. The first-order chi connectivity index (χ1) is 5.03. The molecular formula is C11H20. The van der Waals surface area contributed by atoms with Gasteiger partial charge in [-0.25, -0.2) is 0 Å². The van der Waals surface area contributed by atoms with Crippen molar-refractivity contribution in [3.05, 3.63) is 0 Å². The van der Waals surface area contributed by atoms with Gasteiger partial charge in [-0.1, -0.05) is 27.7 Å². The van der Waals surface area contributed by atoms with E-state index in [1.165, 1.54) is 12.8 Å². The summed E-state index contributed by atoms with van der Waals surface area (Å²) in [5.74, 6) is 4.07. The van der Waals surface area contributed by atoms with Crippen LogP contribution in [0.1, 0.15) is 40.5 Å². The standard InChI is InChI=1S/C11H20/c1-7-5-9-6-10(8(7)2)11(9,3)4/h7-10H,5-6H2,1-4H3/t7-,8+,9?,10?/m1/s1. The first-order valence-electron chi connectivity index (χ1n) is 5.03. The fourth-order valence-electron chi connectivity index (χ4n) is 3.41.